The number of halogens is 3. The lowest BCUT2D eigenvalue weighted by Gasteiger charge is -2.25. The van der Waals surface area contributed by atoms with Gasteiger partial charge in [-0.05, 0) is 25.1 Å². The molecule has 1 aliphatic rings. The number of thioether (sulfide) groups is 1. The second-order valence-electron chi connectivity index (χ2n) is 6.33. The number of aromatic nitrogens is 1. The zero-order valence-electron chi connectivity index (χ0n) is 14.8. The van der Waals surface area contributed by atoms with Gasteiger partial charge in [-0.25, -0.2) is 0 Å². The van der Waals surface area contributed by atoms with Gasteiger partial charge in [-0.3, -0.25) is 4.79 Å². The van der Waals surface area contributed by atoms with Crippen LogP contribution in [0.1, 0.15) is 27.1 Å². The van der Waals surface area contributed by atoms with Crippen LogP contribution in [0, 0.1) is 6.92 Å². The number of hydrogen-bond donors (Lipinski definition) is 0. The highest BCUT2D eigenvalue weighted by atomic mass is 35.5. The number of aryl methyl sites for hydroxylation is 1. The van der Waals surface area contributed by atoms with E-state index in [2.05, 4.69) is 5.16 Å². The zero-order chi connectivity index (χ0) is 19.8. The predicted octanol–water partition coefficient (Wildman–Crippen LogP) is 6.50. The molecule has 0 aliphatic carbocycles. The molecule has 4 nitrogen and oxygen atoms in total. The molecule has 1 aromatic heterocycles. The summed E-state index contributed by atoms with van der Waals surface area (Å²) in [7, 11) is 0. The monoisotopic (exact) mass is 452 g/mol. The first-order valence-corrected chi connectivity index (χ1v) is 10.7. The third-order valence-electron chi connectivity index (χ3n) is 4.59. The smallest absolute Gasteiger partial charge is 0.260 e. The summed E-state index contributed by atoms with van der Waals surface area (Å²) in [6.45, 7) is 2.33. The molecule has 1 aliphatic heterocycles. The molecule has 1 atom stereocenters. The fraction of sp³-hybridized carbons (Fsp3) is 0.200. The molecule has 0 N–H and O–H groups in total. The highest BCUT2D eigenvalue weighted by Gasteiger charge is 2.36. The Morgan fingerprint density at radius 1 is 1.18 bits per heavy atom. The van der Waals surface area contributed by atoms with Crippen molar-refractivity contribution in [3.05, 3.63) is 74.4 Å². The normalized spacial score (nSPS) is 16.6. The van der Waals surface area contributed by atoms with E-state index < -0.39 is 0 Å². The minimum absolute atomic E-state index is 0.158. The molecule has 0 bridgehead atoms. The molecule has 3 aromatic rings. The van der Waals surface area contributed by atoms with Crippen LogP contribution < -0.4 is 0 Å². The highest BCUT2D eigenvalue weighted by Crippen LogP contribution is 2.43. The predicted molar refractivity (Wildman–Crippen MR) is 114 cm³/mol. The van der Waals surface area contributed by atoms with Crippen LogP contribution in [-0.2, 0) is 0 Å². The van der Waals surface area contributed by atoms with E-state index in [4.69, 9.17) is 39.3 Å². The van der Waals surface area contributed by atoms with E-state index in [1.807, 2.05) is 24.3 Å². The molecule has 0 spiro atoms. The van der Waals surface area contributed by atoms with E-state index in [0.29, 0.717) is 44.2 Å². The second kappa shape index (κ2) is 7.99. The summed E-state index contributed by atoms with van der Waals surface area (Å²) in [4.78, 5) is 15.3. The SMILES string of the molecule is Cc1onc(-c2ccccc2Cl)c1C(=O)N1CCSC1c1ccc(Cl)cc1Cl. The lowest BCUT2D eigenvalue weighted by atomic mass is 10.0. The Labute approximate surface area is 181 Å². The number of benzene rings is 2. The molecule has 28 heavy (non-hydrogen) atoms. The Morgan fingerprint density at radius 2 is 1.96 bits per heavy atom. The van der Waals surface area contributed by atoms with Gasteiger partial charge in [0, 0.05) is 33.5 Å². The third kappa shape index (κ3) is 3.52. The molecule has 1 unspecified atom stereocenters. The van der Waals surface area contributed by atoms with Gasteiger partial charge in [0.25, 0.3) is 5.91 Å². The van der Waals surface area contributed by atoms with Gasteiger partial charge in [0.1, 0.15) is 22.4 Å². The maximum absolute atomic E-state index is 13.5. The van der Waals surface area contributed by atoms with E-state index in [0.717, 1.165) is 11.3 Å². The molecule has 2 aromatic carbocycles. The Kier molecular flexibility index (Phi) is 5.61. The van der Waals surface area contributed by atoms with Crippen LogP contribution in [0.2, 0.25) is 15.1 Å². The van der Waals surface area contributed by atoms with Crippen molar-refractivity contribution in [3.8, 4) is 11.3 Å². The Hall–Kier alpha value is -1.66. The Morgan fingerprint density at radius 3 is 2.71 bits per heavy atom. The van der Waals surface area contributed by atoms with Crippen LogP contribution in [0.3, 0.4) is 0 Å². The fourth-order valence-electron chi connectivity index (χ4n) is 3.24. The average molecular weight is 454 g/mol. The minimum Gasteiger partial charge on any atom is -0.360 e. The van der Waals surface area contributed by atoms with Crippen LogP contribution in [0.15, 0.2) is 47.0 Å². The number of rotatable bonds is 3. The van der Waals surface area contributed by atoms with Crippen molar-refractivity contribution < 1.29 is 9.32 Å². The number of carbonyl (C=O) groups is 1. The summed E-state index contributed by atoms with van der Waals surface area (Å²) >= 11 is 20.4. The summed E-state index contributed by atoms with van der Waals surface area (Å²) in [6, 6.07) is 12.6. The van der Waals surface area contributed by atoms with Crippen LogP contribution in [0.25, 0.3) is 11.3 Å². The van der Waals surface area contributed by atoms with Crippen molar-refractivity contribution in [3.63, 3.8) is 0 Å². The van der Waals surface area contributed by atoms with E-state index in [1.54, 1.807) is 41.8 Å². The number of hydrogen-bond acceptors (Lipinski definition) is 4. The molecule has 1 fully saturated rings. The van der Waals surface area contributed by atoms with Gasteiger partial charge in [0.15, 0.2) is 0 Å². The zero-order valence-corrected chi connectivity index (χ0v) is 17.9. The second-order valence-corrected chi connectivity index (χ2v) is 8.77. The van der Waals surface area contributed by atoms with Crippen LogP contribution in [0.4, 0.5) is 0 Å². The molecule has 0 saturated carbocycles. The largest absolute Gasteiger partial charge is 0.360 e. The van der Waals surface area contributed by atoms with Crippen molar-refractivity contribution in [1.29, 1.82) is 0 Å². The van der Waals surface area contributed by atoms with Crippen molar-refractivity contribution >= 4 is 52.5 Å². The maximum atomic E-state index is 13.5. The van der Waals surface area contributed by atoms with Crippen molar-refractivity contribution in [1.82, 2.24) is 10.1 Å². The van der Waals surface area contributed by atoms with Gasteiger partial charge < -0.3 is 9.42 Å². The number of amides is 1. The quantitative estimate of drug-likeness (QED) is 0.454. The van der Waals surface area contributed by atoms with Crippen LogP contribution in [0.5, 0.6) is 0 Å². The minimum atomic E-state index is -0.203. The van der Waals surface area contributed by atoms with Gasteiger partial charge in [0.2, 0.25) is 0 Å². The number of nitrogens with zero attached hydrogens (tertiary/aromatic N) is 2. The molecule has 2 heterocycles. The average Bonchev–Trinajstić information content (AvgIpc) is 3.29. The molecular formula is C20H15Cl3N2O2S. The first-order valence-electron chi connectivity index (χ1n) is 8.56. The molecule has 8 heteroatoms. The fourth-order valence-corrected chi connectivity index (χ4v) is 5.34. The van der Waals surface area contributed by atoms with Crippen molar-refractivity contribution in [2.75, 3.05) is 12.3 Å². The van der Waals surface area contributed by atoms with Crippen molar-refractivity contribution in [2.45, 2.75) is 12.3 Å². The topological polar surface area (TPSA) is 46.3 Å². The van der Waals surface area contributed by atoms with E-state index in [9.17, 15) is 4.79 Å². The Bertz CT molecular complexity index is 1050. The molecule has 1 saturated heterocycles. The standard InChI is InChI=1S/C20H15Cl3N2O2S/c1-11-17(18(24-27-11)13-4-2-3-5-15(13)22)19(26)25-8-9-28-20(25)14-7-6-12(21)10-16(14)23/h2-7,10,20H,8-9H2,1H3. The summed E-state index contributed by atoms with van der Waals surface area (Å²) in [5.74, 6) is 1.11. The maximum Gasteiger partial charge on any atom is 0.260 e. The lowest BCUT2D eigenvalue weighted by Crippen LogP contribution is -2.31. The summed E-state index contributed by atoms with van der Waals surface area (Å²) in [6.07, 6.45) is 0. The van der Waals surface area contributed by atoms with Gasteiger partial charge in [-0.2, -0.15) is 0 Å². The highest BCUT2D eigenvalue weighted by molar-refractivity contribution is 7.99. The van der Waals surface area contributed by atoms with E-state index >= 15 is 0 Å². The van der Waals surface area contributed by atoms with E-state index in [1.165, 1.54) is 0 Å². The molecule has 144 valence electrons. The summed E-state index contributed by atoms with van der Waals surface area (Å²) in [5, 5.41) is 5.52. The van der Waals surface area contributed by atoms with Gasteiger partial charge in [-0.15, -0.1) is 11.8 Å². The van der Waals surface area contributed by atoms with Gasteiger partial charge in [-0.1, -0.05) is 64.2 Å². The Balaban J connectivity index is 1.74. The molecule has 1 amide bonds. The van der Waals surface area contributed by atoms with Crippen molar-refractivity contribution in [2.24, 2.45) is 0 Å². The lowest BCUT2D eigenvalue weighted by molar-refractivity contribution is 0.0759. The van der Waals surface area contributed by atoms with Crippen LogP contribution >= 0.6 is 46.6 Å². The number of carbonyl (C=O) groups excluding carboxylic acids is 1. The van der Waals surface area contributed by atoms with E-state index in [-0.39, 0.29) is 11.3 Å². The first-order chi connectivity index (χ1) is 13.5. The summed E-state index contributed by atoms with van der Waals surface area (Å²) in [5.41, 5.74) is 2.39. The molecular weight excluding hydrogens is 439 g/mol. The van der Waals surface area contributed by atoms with Gasteiger partial charge >= 0.3 is 0 Å². The van der Waals surface area contributed by atoms with Gasteiger partial charge in [0.05, 0.1) is 5.02 Å². The van der Waals surface area contributed by atoms with Crippen LogP contribution in [-0.4, -0.2) is 28.3 Å². The molecule has 4 rings (SSSR count). The summed E-state index contributed by atoms with van der Waals surface area (Å²) < 4.78 is 5.36. The first kappa shape index (κ1) is 19.6. The third-order valence-corrected chi connectivity index (χ3v) is 6.72. The molecule has 0 radical (unpaired) electrons.